The van der Waals surface area contributed by atoms with Crippen LogP contribution in [0.15, 0.2) is 59.5 Å². The van der Waals surface area contributed by atoms with Crippen molar-refractivity contribution in [3.63, 3.8) is 0 Å². The summed E-state index contributed by atoms with van der Waals surface area (Å²) in [5.74, 6) is 0.311. The van der Waals surface area contributed by atoms with Crippen LogP contribution in [0.1, 0.15) is 37.8 Å². The van der Waals surface area contributed by atoms with Crippen molar-refractivity contribution >= 4 is 15.9 Å². The molecular formula is C25H35N3O3S. The molecule has 1 aliphatic rings. The zero-order valence-corrected chi connectivity index (χ0v) is 20.1. The summed E-state index contributed by atoms with van der Waals surface area (Å²) in [5.41, 5.74) is 2.16. The van der Waals surface area contributed by atoms with Crippen LogP contribution in [0.3, 0.4) is 0 Å². The highest BCUT2D eigenvalue weighted by atomic mass is 32.2. The normalized spacial score (nSPS) is 15.8. The monoisotopic (exact) mass is 457 g/mol. The molecular weight excluding hydrogens is 422 g/mol. The first-order valence-corrected chi connectivity index (χ1v) is 12.8. The van der Waals surface area contributed by atoms with Gasteiger partial charge in [0.1, 0.15) is 0 Å². The lowest BCUT2D eigenvalue weighted by atomic mass is 10.0. The fraction of sp³-hybridized carbons (Fsp3) is 0.480. The SMILES string of the molecule is CC(C)Cc1ccc(S(=O)(=O)N(CC(=O)N2CCNCC2)C[C@@H](C)c2ccccc2)cc1. The topological polar surface area (TPSA) is 69.7 Å². The van der Waals surface area contributed by atoms with Crippen molar-refractivity contribution in [1.82, 2.24) is 14.5 Å². The molecule has 1 N–H and O–H groups in total. The Morgan fingerprint density at radius 1 is 1.00 bits per heavy atom. The highest BCUT2D eigenvalue weighted by Gasteiger charge is 2.30. The number of rotatable bonds is 9. The molecule has 0 spiro atoms. The largest absolute Gasteiger partial charge is 0.339 e. The Morgan fingerprint density at radius 2 is 1.62 bits per heavy atom. The molecule has 1 saturated heterocycles. The molecule has 2 aromatic carbocycles. The standard InChI is InChI=1S/C25H35N3O3S/c1-20(2)17-22-9-11-24(12-10-22)32(30,31)28(18-21(3)23-7-5-4-6-8-23)19-25(29)27-15-13-26-14-16-27/h4-12,20-21,26H,13-19H2,1-3H3/t21-/m1/s1. The Hall–Kier alpha value is -2.22. The number of amides is 1. The quantitative estimate of drug-likeness (QED) is 0.628. The molecule has 7 heteroatoms. The predicted molar refractivity (Wildman–Crippen MR) is 128 cm³/mol. The van der Waals surface area contributed by atoms with Crippen LogP contribution >= 0.6 is 0 Å². The van der Waals surface area contributed by atoms with E-state index in [9.17, 15) is 13.2 Å². The number of carbonyl (C=O) groups excluding carboxylic acids is 1. The number of nitrogens with one attached hydrogen (secondary N) is 1. The van der Waals surface area contributed by atoms with E-state index >= 15 is 0 Å². The minimum atomic E-state index is -3.81. The van der Waals surface area contributed by atoms with Crippen LogP contribution in [0.5, 0.6) is 0 Å². The first kappa shape index (κ1) is 24.4. The van der Waals surface area contributed by atoms with Crippen molar-refractivity contribution in [3.05, 3.63) is 65.7 Å². The van der Waals surface area contributed by atoms with E-state index in [0.717, 1.165) is 30.6 Å². The van der Waals surface area contributed by atoms with Crippen LogP contribution < -0.4 is 5.32 Å². The van der Waals surface area contributed by atoms with Gasteiger partial charge < -0.3 is 10.2 Å². The molecule has 1 heterocycles. The number of carbonyl (C=O) groups is 1. The lowest BCUT2D eigenvalue weighted by Crippen LogP contribution is -2.50. The van der Waals surface area contributed by atoms with Gasteiger partial charge in [-0.05, 0) is 41.5 Å². The summed E-state index contributed by atoms with van der Waals surface area (Å²) < 4.78 is 28.5. The van der Waals surface area contributed by atoms with Gasteiger partial charge in [0, 0.05) is 32.7 Å². The fourth-order valence-electron chi connectivity index (χ4n) is 4.02. The lowest BCUT2D eigenvalue weighted by Gasteiger charge is -2.31. The van der Waals surface area contributed by atoms with Gasteiger partial charge in [-0.15, -0.1) is 0 Å². The van der Waals surface area contributed by atoms with Gasteiger partial charge in [-0.25, -0.2) is 8.42 Å². The van der Waals surface area contributed by atoms with E-state index in [1.54, 1.807) is 17.0 Å². The second-order valence-corrected chi connectivity index (χ2v) is 10.9. The van der Waals surface area contributed by atoms with E-state index in [4.69, 9.17) is 0 Å². The van der Waals surface area contributed by atoms with Crippen LogP contribution in [0.4, 0.5) is 0 Å². The summed E-state index contributed by atoms with van der Waals surface area (Å²) in [5, 5.41) is 3.23. The number of benzene rings is 2. The molecule has 6 nitrogen and oxygen atoms in total. The van der Waals surface area contributed by atoms with Gasteiger partial charge in [0.05, 0.1) is 11.4 Å². The summed E-state index contributed by atoms with van der Waals surface area (Å²) in [4.78, 5) is 15.0. The Kier molecular flexibility index (Phi) is 8.45. The Balaban J connectivity index is 1.84. The predicted octanol–water partition coefficient (Wildman–Crippen LogP) is 3.11. The van der Waals surface area contributed by atoms with E-state index in [1.807, 2.05) is 49.4 Å². The molecule has 0 radical (unpaired) electrons. The summed E-state index contributed by atoms with van der Waals surface area (Å²) >= 11 is 0. The first-order valence-electron chi connectivity index (χ1n) is 11.4. The number of sulfonamides is 1. The van der Waals surface area contributed by atoms with Crippen LogP contribution in [0.25, 0.3) is 0 Å². The molecule has 1 atom stereocenters. The van der Waals surface area contributed by atoms with Crippen LogP contribution in [0, 0.1) is 5.92 Å². The van der Waals surface area contributed by atoms with E-state index in [2.05, 4.69) is 19.2 Å². The lowest BCUT2D eigenvalue weighted by molar-refractivity contribution is -0.132. The van der Waals surface area contributed by atoms with E-state index in [1.165, 1.54) is 4.31 Å². The third-order valence-electron chi connectivity index (χ3n) is 5.83. The van der Waals surface area contributed by atoms with Crippen molar-refractivity contribution in [2.24, 2.45) is 5.92 Å². The van der Waals surface area contributed by atoms with Gasteiger partial charge >= 0.3 is 0 Å². The van der Waals surface area contributed by atoms with Gasteiger partial charge in [-0.2, -0.15) is 4.31 Å². The number of nitrogens with zero attached hydrogens (tertiary/aromatic N) is 2. The van der Waals surface area contributed by atoms with Gasteiger partial charge in [0.25, 0.3) is 0 Å². The second-order valence-electron chi connectivity index (χ2n) is 8.98. The van der Waals surface area contributed by atoms with Crippen molar-refractivity contribution < 1.29 is 13.2 Å². The summed E-state index contributed by atoms with van der Waals surface area (Å²) in [6.45, 7) is 9.05. The maximum Gasteiger partial charge on any atom is 0.243 e. The molecule has 1 aliphatic heterocycles. The second kappa shape index (κ2) is 11.1. The van der Waals surface area contributed by atoms with Crippen molar-refractivity contribution in [1.29, 1.82) is 0 Å². The molecule has 32 heavy (non-hydrogen) atoms. The van der Waals surface area contributed by atoms with Gasteiger partial charge in [-0.1, -0.05) is 63.2 Å². The molecule has 0 aliphatic carbocycles. The van der Waals surface area contributed by atoms with Crippen LogP contribution in [-0.4, -0.2) is 62.8 Å². The number of hydrogen-bond donors (Lipinski definition) is 1. The van der Waals surface area contributed by atoms with Crippen LogP contribution in [-0.2, 0) is 21.2 Å². The number of piperazine rings is 1. The third-order valence-corrected chi connectivity index (χ3v) is 7.66. The van der Waals surface area contributed by atoms with E-state index in [0.29, 0.717) is 19.0 Å². The molecule has 3 rings (SSSR count). The maximum atomic E-state index is 13.6. The first-order chi connectivity index (χ1) is 15.3. The number of hydrogen-bond acceptors (Lipinski definition) is 4. The Labute approximate surface area is 192 Å². The average Bonchev–Trinajstić information content (AvgIpc) is 2.79. The van der Waals surface area contributed by atoms with Crippen molar-refractivity contribution in [2.75, 3.05) is 39.3 Å². The molecule has 0 bridgehead atoms. The average molecular weight is 458 g/mol. The minimum absolute atomic E-state index is 0.0398. The molecule has 1 fully saturated rings. The summed E-state index contributed by atoms with van der Waals surface area (Å²) in [6, 6.07) is 16.9. The minimum Gasteiger partial charge on any atom is -0.339 e. The zero-order chi connectivity index (χ0) is 23.1. The molecule has 1 amide bonds. The summed E-state index contributed by atoms with van der Waals surface area (Å²) in [6.07, 6.45) is 0.899. The van der Waals surface area contributed by atoms with Gasteiger partial charge in [0.2, 0.25) is 15.9 Å². The zero-order valence-electron chi connectivity index (χ0n) is 19.3. The Morgan fingerprint density at radius 3 is 2.22 bits per heavy atom. The summed E-state index contributed by atoms with van der Waals surface area (Å²) in [7, 11) is -3.81. The van der Waals surface area contributed by atoms with E-state index < -0.39 is 10.0 Å². The van der Waals surface area contributed by atoms with Crippen molar-refractivity contribution in [3.8, 4) is 0 Å². The van der Waals surface area contributed by atoms with Gasteiger partial charge in [0.15, 0.2) is 0 Å². The molecule has 0 aromatic heterocycles. The third kappa shape index (κ3) is 6.40. The van der Waals surface area contributed by atoms with Gasteiger partial charge in [-0.3, -0.25) is 4.79 Å². The van der Waals surface area contributed by atoms with Crippen molar-refractivity contribution in [2.45, 2.75) is 38.0 Å². The molecule has 0 unspecified atom stereocenters. The molecule has 0 saturated carbocycles. The molecule has 174 valence electrons. The highest BCUT2D eigenvalue weighted by Crippen LogP contribution is 2.23. The van der Waals surface area contributed by atoms with Crippen LogP contribution in [0.2, 0.25) is 0 Å². The Bertz CT molecular complexity index is 969. The van der Waals surface area contributed by atoms with E-state index in [-0.39, 0.29) is 29.8 Å². The smallest absolute Gasteiger partial charge is 0.243 e. The maximum absolute atomic E-state index is 13.6. The fourth-order valence-corrected chi connectivity index (χ4v) is 5.50. The molecule has 2 aromatic rings. The highest BCUT2D eigenvalue weighted by molar-refractivity contribution is 7.89.